The van der Waals surface area contributed by atoms with Crippen molar-refractivity contribution in [1.29, 1.82) is 0 Å². The van der Waals surface area contributed by atoms with Gasteiger partial charge in [-0.25, -0.2) is 0 Å². The number of benzene rings is 1. The molecular formula is C15H21NO2. The zero-order valence-corrected chi connectivity index (χ0v) is 9.47. The smallest absolute Gasteiger partial charge is 0.316 e. The average molecular weight is 263 g/mol. The van der Waals surface area contributed by atoms with Gasteiger partial charge in [0.2, 0.25) is 0 Å². The number of hydrogen-bond acceptors (Lipinski definition) is 3. The van der Waals surface area contributed by atoms with Crippen LogP contribution in [0.2, 0.25) is 0 Å². The first kappa shape index (κ1) is 3.60. The fourth-order valence-corrected chi connectivity index (χ4v) is 1.34. The lowest BCUT2D eigenvalue weighted by Crippen LogP contribution is -2.47. The van der Waals surface area contributed by atoms with Crippen molar-refractivity contribution in [3.8, 4) is 0 Å². The highest BCUT2D eigenvalue weighted by Gasteiger charge is 2.43. The van der Waals surface area contributed by atoms with E-state index in [1.165, 1.54) is 6.92 Å². The normalized spacial score (nSPS) is 44.3. The third kappa shape index (κ3) is 2.41. The fraction of sp³-hybridized carbons (Fsp3) is 0.533. The van der Waals surface area contributed by atoms with Gasteiger partial charge in [-0.15, -0.1) is 0 Å². The molecule has 0 N–H and O–H groups in total. The molecule has 3 nitrogen and oxygen atoms in total. The quantitative estimate of drug-likeness (QED) is 0.783. The van der Waals surface area contributed by atoms with E-state index < -0.39 is 91.4 Å². The van der Waals surface area contributed by atoms with Crippen LogP contribution in [0.25, 0.3) is 0 Å². The first-order valence-electron chi connectivity index (χ1n) is 13.1. The predicted molar refractivity (Wildman–Crippen MR) is 71.5 cm³/mol. The molecule has 0 aromatic heterocycles. The van der Waals surface area contributed by atoms with Gasteiger partial charge in [0.05, 0.1) is 18.9 Å². The van der Waals surface area contributed by atoms with Gasteiger partial charge in [-0.2, -0.15) is 0 Å². The van der Waals surface area contributed by atoms with Crippen LogP contribution in [0.3, 0.4) is 0 Å². The fourth-order valence-electron chi connectivity index (χ4n) is 1.34. The molecule has 98 valence electrons. The van der Waals surface area contributed by atoms with E-state index in [1.807, 2.05) is 0 Å². The highest BCUT2D eigenvalue weighted by atomic mass is 16.5. The topological polar surface area (TPSA) is 29.5 Å². The largest absolute Gasteiger partial charge is 0.465 e. The third-order valence-electron chi connectivity index (χ3n) is 2.17. The van der Waals surface area contributed by atoms with Crippen LogP contribution < -0.4 is 0 Å². The number of esters is 1. The first-order chi connectivity index (χ1) is 15.0. The van der Waals surface area contributed by atoms with Gasteiger partial charge in [-0.3, -0.25) is 4.79 Å². The van der Waals surface area contributed by atoms with Crippen LogP contribution in [-0.2, 0) is 14.9 Å². The van der Waals surface area contributed by atoms with E-state index in [0.29, 0.717) is 0 Å². The molecule has 0 bridgehead atoms. The maximum absolute atomic E-state index is 13.4. The Morgan fingerprint density at radius 1 is 1.50 bits per heavy atom. The number of piperidine rings is 1. The van der Waals surface area contributed by atoms with Crippen molar-refractivity contribution in [1.82, 2.24) is 4.90 Å². The second-order valence-electron chi connectivity index (χ2n) is 3.28. The van der Waals surface area contributed by atoms with Gasteiger partial charge in [0.15, 0.2) is 0 Å². The van der Waals surface area contributed by atoms with Crippen LogP contribution in [0.1, 0.15) is 47.2 Å². The lowest BCUT2D eigenvalue weighted by atomic mass is 9.73. The Kier molecular flexibility index (Phi) is 1.11. The Hall–Kier alpha value is -1.35. The van der Waals surface area contributed by atoms with E-state index in [1.54, 1.807) is 0 Å². The van der Waals surface area contributed by atoms with E-state index in [9.17, 15) is 4.79 Å². The van der Waals surface area contributed by atoms with Gasteiger partial charge in [-0.1, -0.05) is 30.2 Å². The minimum Gasteiger partial charge on any atom is -0.465 e. The molecule has 1 heterocycles. The van der Waals surface area contributed by atoms with E-state index >= 15 is 0 Å². The molecule has 0 unspecified atom stereocenters. The molecule has 2 rings (SSSR count). The Bertz CT molecular complexity index is 960. The number of rotatable bonds is 3. The average Bonchev–Trinajstić information content (AvgIpc) is 2.65. The zero-order chi connectivity index (χ0) is 27.0. The number of ether oxygens (including phenoxy) is 1. The minimum atomic E-state index is -4.07. The summed E-state index contributed by atoms with van der Waals surface area (Å²) in [6.45, 7) is -11.1. The molecule has 1 fully saturated rings. The molecule has 3 heteroatoms. The molecule has 1 aliphatic heterocycles. The van der Waals surface area contributed by atoms with Crippen LogP contribution in [0.4, 0.5) is 0 Å². The molecule has 1 aromatic rings. The zero-order valence-electron chi connectivity index (χ0n) is 25.5. The van der Waals surface area contributed by atoms with E-state index in [-0.39, 0.29) is 0 Å². The number of likely N-dealkylation sites (tertiary alicyclic amines) is 1. The van der Waals surface area contributed by atoms with Gasteiger partial charge in [0, 0.05) is 15.1 Å². The lowest BCUT2D eigenvalue weighted by molar-refractivity contribution is -0.152. The van der Waals surface area contributed by atoms with Crippen LogP contribution in [0, 0.1) is 0 Å². The van der Waals surface area contributed by atoms with Crippen molar-refractivity contribution in [2.24, 2.45) is 0 Å². The molecule has 1 saturated heterocycles. The summed E-state index contributed by atoms with van der Waals surface area (Å²) >= 11 is 0. The molecular weight excluding hydrogens is 226 g/mol. The first-order valence-corrected chi connectivity index (χ1v) is 5.07. The van der Waals surface area contributed by atoms with Crippen molar-refractivity contribution in [2.45, 2.75) is 25.1 Å². The molecule has 1 aromatic carbocycles. The SMILES string of the molecule is [2H]c1c([2H])c([2H])c(C2(C(=O)OCC)C([2H])([2H])C([2H])([2H])N(C([2H])([2H])[2H])C([2H])([2H])C2([2H])[2H])c([2H])c1[2H]. The number of nitrogens with zero attached hydrogens (tertiary/aromatic N) is 1. The van der Waals surface area contributed by atoms with Gasteiger partial charge >= 0.3 is 5.97 Å². The van der Waals surface area contributed by atoms with Crippen LogP contribution >= 0.6 is 0 Å². The van der Waals surface area contributed by atoms with Gasteiger partial charge < -0.3 is 9.64 Å². The lowest BCUT2D eigenvalue weighted by Gasteiger charge is -2.38. The number of carbonyl (C=O) groups is 1. The molecule has 0 atom stereocenters. The second kappa shape index (κ2) is 5.53. The number of carbonyl (C=O) groups excluding carboxylic acids is 1. The third-order valence-corrected chi connectivity index (χ3v) is 2.17. The Morgan fingerprint density at radius 3 is 2.72 bits per heavy atom. The maximum atomic E-state index is 13.4. The second-order valence-corrected chi connectivity index (χ2v) is 3.28. The number of hydrogen-bond donors (Lipinski definition) is 0. The molecule has 0 saturated carbocycles. The van der Waals surface area contributed by atoms with Crippen LogP contribution in [0.5, 0.6) is 0 Å². The Morgan fingerprint density at radius 2 is 2.17 bits per heavy atom. The summed E-state index contributed by atoms with van der Waals surface area (Å²) in [6, 6.07) is -5.87. The van der Waals surface area contributed by atoms with Crippen molar-refractivity contribution >= 4 is 5.97 Å². The van der Waals surface area contributed by atoms with Crippen molar-refractivity contribution in [3.63, 3.8) is 0 Å². The van der Waals surface area contributed by atoms with Crippen molar-refractivity contribution in [2.75, 3.05) is 26.6 Å². The maximum Gasteiger partial charge on any atom is 0.316 e. The van der Waals surface area contributed by atoms with E-state index in [4.69, 9.17) is 26.7 Å². The molecule has 0 amide bonds. The Labute approximate surface area is 131 Å². The molecule has 0 aliphatic carbocycles. The Balaban J connectivity index is 3.32. The monoisotopic (exact) mass is 263 g/mol. The summed E-state index contributed by atoms with van der Waals surface area (Å²) in [5.74, 6) is -1.97. The van der Waals surface area contributed by atoms with Crippen LogP contribution in [-0.4, -0.2) is 37.4 Å². The molecule has 0 spiro atoms. The molecule has 18 heavy (non-hydrogen) atoms. The molecule has 0 radical (unpaired) electrons. The summed E-state index contributed by atoms with van der Waals surface area (Å²) in [5.41, 5.74) is -5.29. The van der Waals surface area contributed by atoms with Gasteiger partial charge in [-0.05, 0) is 45.2 Å². The predicted octanol–water partition coefficient (Wildman–Crippen LogP) is 2.21. The van der Waals surface area contributed by atoms with Crippen molar-refractivity contribution in [3.05, 3.63) is 35.8 Å². The summed E-state index contributed by atoms with van der Waals surface area (Å²) in [6.07, 6.45) is -8.13. The standard InChI is InChI=1S/C15H21NO2/c1-3-18-14(17)15(9-11-16(2)12-10-15)13-7-5-4-6-8-13/h4-8H,3,9-12H2,1-2H3/i2D3,4D,5D,6D,7D,8D,9D2,10D2,11D2,12D2. The summed E-state index contributed by atoms with van der Waals surface area (Å²) in [7, 11) is 0. The minimum absolute atomic E-state index is 0.569. The van der Waals surface area contributed by atoms with Gasteiger partial charge in [0.1, 0.15) is 0 Å². The van der Waals surface area contributed by atoms with Crippen LogP contribution in [0.15, 0.2) is 30.2 Å². The highest BCUT2D eigenvalue weighted by molar-refractivity contribution is 5.83. The van der Waals surface area contributed by atoms with E-state index in [2.05, 4.69) is 0 Å². The highest BCUT2D eigenvalue weighted by Crippen LogP contribution is 2.36. The summed E-state index contributed by atoms with van der Waals surface area (Å²) < 4.78 is 135. The van der Waals surface area contributed by atoms with E-state index in [0.717, 1.165) is 0 Å². The summed E-state index contributed by atoms with van der Waals surface area (Å²) in [4.78, 5) is 12.7. The van der Waals surface area contributed by atoms with Crippen molar-refractivity contribution < 1.29 is 31.5 Å². The summed E-state index contributed by atoms with van der Waals surface area (Å²) in [5, 5.41) is 0. The molecule has 1 aliphatic rings. The van der Waals surface area contributed by atoms with Gasteiger partial charge in [0.25, 0.3) is 0 Å².